The highest BCUT2D eigenvalue weighted by atomic mass is 35.5. The van der Waals surface area contributed by atoms with Crippen LogP contribution < -0.4 is 10.1 Å². The first kappa shape index (κ1) is 24.0. The monoisotopic (exact) mass is 477 g/mol. The van der Waals surface area contributed by atoms with Gasteiger partial charge in [0, 0.05) is 10.7 Å². The van der Waals surface area contributed by atoms with Gasteiger partial charge in [-0.05, 0) is 70.4 Å². The number of benzene rings is 2. The summed E-state index contributed by atoms with van der Waals surface area (Å²) in [4.78, 5) is 14.9. The Kier molecular flexibility index (Phi) is 7.76. The Bertz CT molecular complexity index is 1090. The summed E-state index contributed by atoms with van der Waals surface area (Å²) >= 11 is 7.32. The predicted molar refractivity (Wildman–Crippen MR) is 125 cm³/mol. The van der Waals surface area contributed by atoms with Crippen LogP contribution in [0.5, 0.6) is 5.75 Å². The number of amides is 1. The summed E-state index contributed by atoms with van der Waals surface area (Å²) in [7, 11) is 5.40. The van der Waals surface area contributed by atoms with E-state index in [4.69, 9.17) is 16.3 Å². The fourth-order valence-corrected chi connectivity index (χ4v) is 3.96. The fourth-order valence-electron chi connectivity index (χ4n) is 2.92. The average molecular weight is 478 g/mol. The van der Waals surface area contributed by atoms with Crippen LogP contribution in [0.3, 0.4) is 0 Å². The molecule has 170 valence electrons. The second kappa shape index (κ2) is 10.3. The smallest absolute Gasteiger partial charge is 0.237 e. The molecular formula is C22H25ClFN5O2S. The van der Waals surface area contributed by atoms with Gasteiger partial charge in [0.25, 0.3) is 0 Å². The highest BCUT2D eigenvalue weighted by Gasteiger charge is 2.25. The summed E-state index contributed by atoms with van der Waals surface area (Å²) < 4.78 is 20.6. The topological polar surface area (TPSA) is 72.3 Å². The molecule has 1 N–H and O–H groups in total. The standard InChI is InChI=1S/C22H25ClFN5O2S/c1-13(28(3)4)20-26-27-22(29(20)17-9-7-16(24)8-10-17)32-14(2)21(30)25-18-12-15(23)6-11-19(18)31-5/h6-14H,1-5H3,(H,25,30). The lowest BCUT2D eigenvalue weighted by molar-refractivity contribution is -0.115. The molecule has 1 aromatic heterocycles. The van der Waals surface area contributed by atoms with E-state index in [0.29, 0.717) is 33.1 Å². The van der Waals surface area contributed by atoms with Crippen LogP contribution in [0.25, 0.3) is 5.69 Å². The Morgan fingerprint density at radius 1 is 1.19 bits per heavy atom. The minimum absolute atomic E-state index is 0.0539. The van der Waals surface area contributed by atoms with Crippen LogP contribution >= 0.6 is 23.4 Å². The van der Waals surface area contributed by atoms with Gasteiger partial charge in [-0.3, -0.25) is 14.3 Å². The van der Waals surface area contributed by atoms with Crippen molar-refractivity contribution in [1.29, 1.82) is 0 Å². The molecule has 0 saturated carbocycles. The van der Waals surface area contributed by atoms with Gasteiger partial charge in [0.2, 0.25) is 5.91 Å². The third-order valence-corrected chi connectivity index (χ3v) is 6.24. The molecule has 0 aliphatic carbocycles. The Morgan fingerprint density at radius 3 is 2.50 bits per heavy atom. The number of halogens is 2. The summed E-state index contributed by atoms with van der Waals surface area (Å²) in [5.74, 6) is 0.623. The maximum atomic E-state index is 13.5. The van der Waals surface area contributed by atoms with Crippen molar-refractivity contribution in [2.45, 2.75) is 30.3 Å². The molecule has 2 aromatic carbocycles. The average Bonchev–Trinajstić information content (AvgIpc) is 3.17. The first-order valence-electron chi connectivity index (χ1n) is 9.90. The Morgan fingerprint density at radius 2 is 1.88 bits per heavy atom. The summed E-state index contributed by atoms with van der Waals surface area (Å²) in [5, 5.41) is 12.0. The molecular weight excluding hydrogens is 453 g/mol. The Labute approximate surface area is 195 Å². The van der Waals surface area contributed by atoms with Crippen molar-refractivity contribution >= 4 is 35.0 Å². The van der Waals surface area contributed by atoms with Crippen LogP contribution in [0.2, 0.25) is 5.02 Å². The molecule has 10 heteroatoms. The molecule has 1 amide bonds. The highest BCUT2D eigenvalue weighted by molar-refractivity contribution is 8.00. The van der Waals surface area contributed by atoms with Crippen molar-refractivity contribution in [3.63, 3.8) is 0 Å². The number of hydrogen-bond donors (Lipinski definition) is 1. The zero-order valence-corrected chi connectivity index (χ0v) is 20.0. The van der Waals surface area contributed by atoms with Crippen molar-refractivity contribution in [3.05, 3.63) is 59.1 Å². The number of methoxy groups -OCH3 is 1. The van der Waals surface area contributed by atoms with Gasteiger partial charge in [0.05, 0.1) is 24.1 Å². The van der Waals surface area contributed by atoms with Crippen LogP contribution in [0.15, 0.2) is 47.6 Å². The minimum atomic E-state index is -0.510. The van der Waals surface area contributed by atoms with E-state index in [0.717, 1.165) is 0 Å². The molecule has 32 heavy (non-hydrogen) atoms. The quantitative estimate of drug-likeness (QED) is 0.469. The molecule has 0 spiro atoms. The van der Waals surface area contributed by atoms with E-state index >= 15 is 0 Å². The molecule has 0 fully saturated rings. The molecule has 3 rings (SSSR count). The highest BCUT2D eigenvalue weighted by Crippen LogP contribution is 2.32. The number of carbonyl (C=O) groups is 1. The van der Waals surface area contributed by atoms with E-state index in [1.165, 1.54) is 31.0 Å². The van der Waals surface area contributed by atoms with Crippen molar-refractivity contribution < 1.29 is 13.9 Å². The van der Waals surface area contributed by atoms with Crippen molar-refractivity contribution in [2.75, 3.05) is 26.5 Å². The third kappa shape index (κ3) is 5.40. The summed E-state index contributed by atoms with van der Waals surface area (Å²) in [6.45, 7) is 3.77. The first-order chi connectivity index (χ1) is 15.2. The maximum Gasteiger partial charge on any atom is 0.237 e. The number of anilines is 1. The van der Waals surface area contributed by atoms with E-state index in [9.17, 15) is 9.18 Å². The number of rotatable bonds is 8. The SMILES string of the molecule is COc1ccc(Cl)cc1NC(=O)C(C)Sc1nnc(C(C)N(C)C)n1-c1ccc(F)cc1. The molecule has 2 unspecified atom stereocenters. The third-order valence-electron chi connectivity index (χ3n) is 4.96. The second-order valence-electron chi connectivity index (χ2n) is 7.39. The first-order valence-corrected chi connectivity index (χ1v) is 11.2. The molecule has 0 aliphatic rings. The van der Waals surface area contributed by atoms with Crippen molar-refractivity contribution in [2.24, 2.45) is 0 Å². The largest absolute Gasteiger partial charge is 0.495 e. The van der Waals surface area contributed by atoms with Gasteiger partial charge < -0.3 is 10.1 Å². The Hall–Kier alpha value is -2.62. The zero-order chi connectivity index (χ0) is 23.4. The van der Waals surface area contributed by atoms with Gasteiger partial charge in [-0.2, -0.15) is 0 Å². The van der Waals surface area contributed by atoms with E-state index in [2.05, 4.69) is 15.5 Å². The minimum Gasteiger partial charge on any atom is -0.495 e. The molecule has 1 heterocycles. The van der Waals surface area contributed by atoms with Crippen molar-refractivity contribution in [3.8, 4) is 11.4 Å². The van der Waals surface area contributed by atoms with E-state index in [1.807, 2.05) is 30.5 Å². The lowest BCUT2D eigenvalue weighted by Crippen LogP contribution is -2.24. The van der Waals surface area contributed by atoms with E-state index in [1.54, 1.807) is 37.3 Å². The van der Waals surface area contributed by atoms with E-state index < -0.39 is 5.25 Å². The summed E-state index contributed by atoms with van der Waals surface area (Å²) in [6.07, 6.45) is 0. The van der Waals surface area contributed by atoms with Crippen LogP contribution in [0.4, 0.5) is 10.1 Å². The Balaban J connectivity index is 1.88. The molecule has 0 radical (unpaired) electrons. The lowest BCUT2D eigenvalue weighted by atomic mass is 10.2. The van der Waals surface area contributed by atoms with Gasteiger partial charge in [-0.15, -0.1) is 10.2 Å². The van der Waals surface area contributed by atoms with Gasteiger partial charge in [0.1, 0.15) is 11.6 Å². The van der Waals surface area contributed by atoms with Gasteiger partial charge >= 0.3 is 0 Å². The van der Waals surface area contributed by atoms with E-state index in [-0.39, 0.29) is 17.8 Å². The maximum absolute atomic E-state index is 13.5. The number of ether oxygens (including phenoxy) is 1. The van der Waals surface area contributed by atoms with Crippen LogP contribution in [0.1, 0.15) is 25.7 Å². The molecule has 3 aromatic rings. The second-order valence-corrected chi connectivity index (χ2v) is 9.13. The number of aromatic nitrogens is 3. The van der Waals surface area contributed by atoms with Crippen molar-refractivity contribution in [1.82, 2.24) is 19.7 Å². The number of nitrogens with one attached hydrogen (secondary N) is 1. The molecule has 7 nitrogen and oxygen atoms in total. The predicted octanol–water partition coefficient (Wildman–Crippen LogP) is 4.81. The fraction of sp³-hybridized carbons (Fsp3) is 0.318. The number of nitrogens with zero attached hydrogens (tertiary/aromatic N) is 4. The normalized spacial score (nSPS) is 13.1. The molecule has 2 atom stereocenters. The van der Waals surface area contributed by atoms with Gasteiger partial charge in [-0.25, -0.2) is 4.39 Å². The van der Waals surface area contributed by atoms with Crippen LogP contribution in [-0.2, 0) is 4.79 Å². The molecule has 0 bridgehead atoms. The summed E-state index contributed by atoms with van der Waals surface area (Å²) in [5.41, 5.74) is 1.20. The van der Waals surface area contributed by atoms with Crippen LogP contribution in [0, 0.1) is 5.82 Å². The zero-order valence-electron chi connectivity index (χ0n) is 18.5. The number of thioether (sulfide) groups is 1. The van der Waals surface area contributed by atoms with Gasteiger partial charge in [-0.1, -0.05) is 23.4 Å². The molecule has 0 saturated heterocycles. The molecule has 0 aliphatic heterocycles. The number of carbonyl (C=O) groups excluding carboxylic acids is 1. The number of hydrogen-bond acceptors (Lipinski definition) is 6. The summed E-state index contributed by atoms with van der Waals surface area (Å²) in [6, 6.07) is 11.1. The lowest BCUT2D eigenvalue weighted by Gasteiger charge is -2.21. The van der Waals surface area contributed by atoms with Crippen LogP contribution in [-0.4, -0.2) is 52.0 Å². The van der Waals surface area contributed by atoms with Gasteiger partial charge in [0.15, 0.2) is 11.0 Å².